The summed E-state index contributed by atoms with van der Waals surface area (Å²) >= 11 is 0. The van der Waals surface area contributed by atoms with Crippen LogP contribution in [0.3, 0.4) is 0 Å². The van der Waals surface area contributed by atoms with Gasteiger partial charge >= 0.3 is 0 Å². The summed E-state index contributed by atoms with van der Waals surface area (Å²) in [4.78, 5) is 13.9. The molecule has 0 bridgehead atoms. The maximum absolute atomic E-state index is 12.2. The van der Waals surface area contributed by atoms with E-state index in [2.05, 4.69) is 0 Å². The van der Waals surface area contributed by atoms with E-state index in [0.717, 1.165) is 5.56 Å². The van der Waals surface area contributed by atoms with Crippen LogP contribution in [0, 0.1) is 11.3 Å². The molecule has 1 aliphatic heterocycles. The van der Waals surface area contributed by atoms with Gasteiger partial charge in [-0.15, -0.1) is 0 Å². The number of hydrogen-bond acceptors (Lipinski definition) is 3. The Balaban J connectivity index is 2.15. The van der Waals surface area contributed by atoms with Crippen LogP contribution < -0.4 is 0 Å². The zero-order chi connectivity index (χ0) is 15.7. The van der Waals surface area contributed by atoms with Crippen LogP contribution in [0.2, 0.25) is 0 Å². The third kappa shape index (κ3) is 4.28. The van der Waals surface area contributed by atoms with Crippen molar-refractivity contribution >= 4 is 16.0 Å². The lowest BCUT2D eigenvalue weighted by Gasteiger charge is -2.43. The summed E-state index contributed by atoms with van der Waals surface area (Å²) in [6.45, 7) is 4.57. The Morgan fingerprint density at radius 2 is 1.90 bits per heavy atom. The highest BCUT2D eigenvalue weighted by Crippen LogP contribution is 2.37. The second-order valence-electron chi connectivity index (χ2n) is 6.37. The monoisotopic (exact) mass is 311 g/mol. The molecule has 2 rings (SSSR count). The van der Waals surface area contributed by atoms with Crippen molar-refractivity contribution < 1.29 is 17.8 Å². The Labute approximate surface area is 125 Å². The molecule has 1 aliphatic rings. The second kappa shape index (κ2) is 5.77. The highest BCUT2D eigenvalue weighted by molar-refractivity contribution is 7.85. The molecular formula is C15H21NO4S. The van der Waals surface area contributed by atoms with E-state index in [1.54, 1.807) is 4.90 Å². The van der Waals surface area contributed by atoms with Gasteiger partial charge in [0.05, 0.1) is 5.75 Å². The van der Waals surface area contributed by atoms with Crippen molar-refractivity contribution in [2.45, 2.75) is 26.8 Å². The number of likely N-dealkylation sites (tertiary alicyclic amines) is 1. The van der Waals surface area contributed by atoms with Crippen LogP contribution in [-0.4, -0.2) is 36.1 Å². The number of benzene rings is 1. The normalized spacial score (nSPS) is 22.3. The molecular weight excluding hydrogens is 290 g/mol. The van der Waals surface area contributed by atoms with Crippen molar-refractivity contribution in [1.82, 2.24) is 4.90 Å². The first-order valence-corrected chi connectivity index (χ1v) is 8.55. The van der Waals surface area contributed by atoms with Crippen molar-refractivity contribution in [1.29, 1.82) is 0 Å². The van der Waals surface area contributed by atoms with Crippen LogP contribution in [0.25, 0.3) is 0 Å². The van der Waals surface area contributed by atoms with Crippen molar-refractivity contribution in [3.05, 3.63) is 35.9 Å². The number of carbonyl (C=O) groups is 1. The van der Waals surface area contributed by atoms with Crippen molar-refractivity contribution in [3.8, 4) is 0 Å². The minimum atomic E-state index is -4.05. The molecule has 1 aromatic rings. The molecule has 1 heterocycles. The Morgan fingerprint density at radius 1 is 1.29 bits per heavy atom. The van der Waals surface area contributed by atoms with Crippen molar-refractivity contribution in [2.75, 3.05) is 12.3 Å². The summed E-state index contributed by atoms with van der Waals surface area (Å²) in [5.41, 5.74) is 0.580. The molecule has 0 radical (unpaired) electrons. The molecule has 0 aromatic heterocycles. The maximum Gasteiger partial charge on any atom is 0.265 e. The van der Waals surface area contributed by atoms with Gasteiger partial charge in [0, 0.05) is 19.5 Å². The zero-order valence-corrected chi connectivity index (χ0v) is 13.1. The summed E-state index contributed by atoms with van der Waals surface area (Å²) in [5, 5.41) is 0. The van der Waals surface area contributed by atoms with E-state index in [0.29, 0.717) is 19.5 Å². The number of hydrogen-bond donors (Lipinski definition) is 1. The second-order valence-corrected chi connectivity index (χ2v) is 7.87. The van der Waals surface area contributed by atoms with Crippen LogP contribution >= 0.6 is 0 Å². The average molecular weight is 311 g/mol. The van der Waals surface area contributed by atoms with Gasteiger partial charge in [-0.25, -0.2) is 0 Å². The molecule has 116 valence electrons. The average Bonchev–Trinajstić information content (AvgIpc) is 2.34. The van der Waals surface area contributed by atoms with Gasteiger partial charge in [0.15, 0.2) is 0 Å². The van der Waals surface area contributed by atoms with Gasteiger partial charge < -0.3 is 4.90 Å². The first-order chi connectivity index (χ1) is 9.67. The fourth-order valence-corrected chi connectivity index (χ4v) is 3.82. The van der Waals surface area contributed by atoms with Gasteiger partial charge in [-0.1, -0.05) is 44.2 Å². The van der Waals surface area contributed by atoms with Crippen molar-refractivity contribution in [3.63, 3.8) is 0 Å². The molecule has 5 nitrogen and oxygen atoms in total. The van der Waals surface area contributed by atoms with E-state index in [4.69, 9.17) is 4.55 Å². The molecule has 0 saturated carbocycles. The third-order valence-electron chi connectivity index (χ3n) is 4.13. The summed E-state index contributed by atoms with van der Waals surface area (Å²) in [6, 6.07) is 9.59. The Hall–Kier alpha value is -1.40. The van der Waals surface area contributed by atoms with E-state index in [1.807, 2.05) is 44.2 Å². The predicted octanol–water partition coefficient (Wildman–Crippen LogP) is 1.95. The maximum atomic E-state index is 12.2. The Bertz CT molecular complexity index is 610. The number of rotatable bonds is 4. The van der Waals surface area contributed by atoms with E-state index in [-0.39, 0.29) is 17.6 Å². The SMILES string of the molecule is CC1(C)CC(=O)N(Cc2ccccc2)CC1CS(=O)(=O)O. The predicted molar refractivity (Wildman–Crippen MR) is 80.2 cm³/mol. The van der Waals surface area contributed by atoms with Crippen LogP contribution in [0.5, 0.6) is 0 Å². The fourth-order valence-electron chi connectivity index (χ4n) is 2.75. The van der Waals surface area contributed by atoms with E-state index < -0.39 is 15.5 Å². The number of amides is 1. The van der Waals surface area contributed by atoms with Gasteiger partial charge in [0.2, 0.25) is 5.91 Å². The molecule has 1 aromatic carbocycles. The number of carbonyl (C=O) groups excluding carboxylic acids is 1. The highest BCUT2D eigenvalue weighted by atomic mass is 32.2. The van der Waals surface area contributed by atoms with Crippen LogP contribution in [0.15, 0.2) is 30.3 Å². The standard InChI is InChI=1S/C15H21NO4S/c1-15(2)8-14(17)16(9-12-6-4-3-5-7-12)10-13(15)11-21(18,19)20/h3-7,13H,8-11H2,1-2H3,(H,18,19,20). The molecule has 1 fully saturated rings. The number of nitrogens with zero attached hydrogens (tertiary/aromatic N) is 1. The van der Waals surface area contributed by atoms with Crippen LogP contribution in [-0.2, 0) is 21.5 Å². The first-order valence-electron chi connectivity index (χ1n) is 6.94. The Morgan fingerprint density at radius 3 is 2.48 bits per heavy atom. The number of piperidine rings is 1. The lowest BCUT2D eigenvalue weighted by atomic mass is 9.74. The minimum absolute atomic E-state index is 0.0236. The highest BCUT2D eigenvalue weighted by Gasteiger charge is 2.41. The molecule has 6 heteroatoms. The van der Waals surface area contributed by atoms with Gasteiger partial charge in [0.25, 0.3) is 10.1 Å². The first kappa shape index (κ1) is 16.0. The molecule has 0 spiro atoms. The smallest absolute Gasteiger partial charge is 0.265 e. The largest absolute Gasteiger partial charge is 0.338 e. The topological polar surface area (TPSA) is 74.7 Å². The fraction of sp³-hybridized carbons (Fsp3) is 0.533. The lowest BCUT2D eigenvalue weighted by Crippen LogP contribution is -2.49. The molecule has 0 aliphatic carbocycles. The van der Waals surface area contributed by atoms with Gasteiger partial charge in [-0.2, -0.15) is 8.42 Å². The van der Waals surface area contributed by atoms with Crippen LogP contribution in [0.1, 0.15) is 25.8 Å². The third-order valence-corrected chi connectivity index (χ3v) is 4.96. The molecule has 21 heavy (non-hydrogen) atoms. The lowest BCUT2D eigenvalue weighted by molar-refractivity contribution is -0.140. The summed E-state index contributed by atoms with van der Waals surface area (Å²) in [6.07, 6.45) is 0.292. The molecule has 1 saturated heterocycles. The minimum Gasteiger partial charge on any atom is -0.338 e. The quantitative estimate of drug-likeness (QED) is 0.862. The van der Waals surface area contributed by atoms with Gasteiger partial charge in [-0.05, 0) is 16.9 Å². The van der Waals surface area contributed by atoms with E-state index in [9.17, 15) is 13.2 Å². The summed E-state index contributed by atoms with van der Waals surface area (Å²) < 4.78 is 31.5. The van der Waals surface area contributed by atoms with Crippen LogP contribution in [0.4, 0.5) is 0 Å². The van der Waals surface area contributed by atoms with Gasteiger partial charge in [-0.3, -0.25) is 9.35 Å². The van der Waals surface area contributed by atoms with Crippen molar-refractivity contribution in [2.24, 2.45) is 11.3 Å². The molecule has 1 N–H and O–H groups in total. The van der Waals surface area contributed by atoms with E-state index >= 15 is 0 Å². The zero-order valence-electron chi connectivity index (χ0n) is 12.3. The molecule has 1 atom stereocenters. The van der Waals surface area contributed by atoms with E-state index in [1.165, 1.54) is 0 Å². The summed E-state index contributed by atoms with van der Waals surface area (Å²) in [5.74, 6) is -0.553. The molecule has 1 amide bonds. The summed E-state index contributed by atoms with van der Waals surface area (Å²) in [7, 11) is -4.05. The Kier molecular flexibility index (Phi) is 4.39. The molecule has 1 unspecified atom stereocenters. The van der Waals surface area contributed by atoms with Gasteiger partial charge in [0.1, 0.15) is 0 Å².